The van der Waals surface area contributed by atoms with E-state index >= 15 is 0 Å². The first-order chi connectivity index (χ1) is 11.5. The van der Waals surface area contributed by atoms with Crippen LogP contribution in [0.1, 0.15) is 45.4 Å². The lowest BCUT2D eigenvalue weighted by molar-refractivity contribution is -0.137. The molecule has 126 valence electrons. The molecule has 0 unspecified atom stereocenters. The second-order valence-corrected chi connectivity index (χ2v) is 6.38. The van der Waals surface area contributed by atoms with Crippen LogP contribution in [0.25, 0.3) is 0 Å². The van der Waals surface area contributed by atoms with Gasteiger partial charge in [-0.3, -0.25) is 14.4 Å². The van der Waals surface area contributed by atoms with Gasteiger partial charge in [0.05, 0.1) is 4.88 Å². The standard InChI is InChI=1S/C18H19NO4S/c1-13(20)15-10-16(24-12-15)18(23)19(9-5-8-17(21)22)11-14-6-3-2-4-7-14/h2-4,6-7,10,12H,5,8-9,11H2,1H3,(H,21,22). The maximum absolute atomic E-state index is 12.7. The lowest BCUT2D eigenvalue weighted by atomic mass is 10.2. The summed E-state index contributed by atoms with van der Waals surface area (Å²) < 4.78 is 0. The number of thiophene rings is 1. The molecule has 1 aromatic carbocycles. The molecule has 0 atom stereocenters. The van der Waals surface area contributed by atoms with Crippen molar-refractivity contribution in [1.82, 2.24) is 4.90 Å². The lowest BCUT2D eigenvalue weighted by Crippen LogP contribution is -2.31. The van der Waals surface area contributed by atoms with Crippen LogP contribution in [0.5, 0.6) is 0 Å². The van der Waals surface area contributed by atoms with E-state index in [1.165, 1.54) is 18.3 Å². The molecule has 0 aliphatic carbocycles. The van der Waals surface area contributed by atoms with E-state index in [0.717, 1.165) is 5.56 Å². The van der Waals surface area contributed by atoms with Gasteiger partial charge in [0.1, 0.15) is 0 Å². The van der Waals surface area contributed by atoms with E-state index < -0.39 is 5.97 Å². The monoisotopic (exact) mass is 345 g/mol. The Bertz CT molecular complexity index is 724. The average molecular weight is 345 g/mol. The fourth-order valence-corrected chi connectivity index (χ4v) is 3.18. The fourth-order valence-electron chi connectivity index (χ4n) is 2.27. The quantitative estimate of drug-likeness (QED) is 0.744. The molecule has 0 saturated carbocycles. The number of hydrogen-bond donors (Lipinski definition) is 1. The van der Waals surface area contributed by atoms with Crippen LogP contribution in [-0.2, 0) is 11.3 Å². The van der Waals surface area contributed by atoms with Crippen LogP contribution in [0.2, 0.25) is 0 Å². The molecule has 0 aliphatic rings. The molecular weight excluding hydrogens is 326 g/mol. The highest BCUT2D eigenvalue weighted by molar-refractivity contribution is 7.12. The smallest absolute Gasteiger partial charge is 0.303 e. The first-order valence-electron chi connectivity index (χ1n) is 7.62. The van der Waals surface area contributed by atoms with Crippen molar-refractivity contribution in [3.8, 4) is 0 Å². The van der Waals surface area contributed by atoms with E-state index in [1.807, 2.05) is 30.3 Å². The molecule has 0 bridgehead atoms. The Balaban J connectivity index is 2.14. The van der Waals surface area contributed by atoms with E-state index in [-0.39, 0.29) is 18.1 Å². The molecule has 1 N–H and O–H groups in total. The van der Waals surface area contributed by atoms with Crippen molar-refractivity contribution in [1.29, 1.82) is 0 Å². The number of nitrogens with zero attached hydrogens (tertiary/aromatic N) is 1. The topological polar surface area (TPSA) is 74.7 Å². The third-order valence-corrected chi connectivity index (χ3v) is 4.46. The Labute approximate surface area is 144 Å². The van der Waals surface area contributed by atoms with Gasteiger partial charge in [-0.15, -0.1) is 11.3 Å². The zero-order chi connectivity index (χ0) is 17.5. The highest BCUT2D eigenvalue weighted by Gasteiger charge is 2.19. The summed E-state index contributed by atoms with van der Waals surface area (Å²) in [5.41, 5.74) is 1.50. The van der Waals surface area contributed by atoms with Crippen molar-refractivity contribution in [2.45, 2.75) is 26.3 Å². The summed E-state index contributed by atoms with van der Waals surface area (Å²) in [5, 5.41) is 10.5. The third-order valence-electron chi connectivity index (χ3n) is 3.54. The second kappa shape index (κ2) is 8.40. The van der Waals surface area contributed by atoms with Gasteiger partial charge in [0.2, 0.25) is 0 Å². The van der Waals surface area contributed by atoms with Gasteiger partial charge in [0.25, 0.3) is 5.91 Å². The lowest BCUT2D eigenvalue weighted by Gasteiger charge is -2.22. The van der Waals surface area contributed by atoms with Crippen molar-refractivity contribution in [3.63, 3.8) is 0 Å². The summed E-state index contributed by atoms with van der Waals surface area (Å²) in [6, 6.07) is 11.1. The summed E-state index contributed by atoms with van der Waals surface area (Å²) in [5.74, 6) is -1.13. The van der Waals surface area contributed by atoms with Gasteiger partial charge in [-0.2, -0.15) is 0 Å². The van der Waals surface area contributed by atoms with Crippen LogP contribution in [0, 0.1) is 0 Å². The van der Waals surface area contributed by atoms with E-state index in [2.05, 4.69) is 0 Å². The van der Waals surface area contributed by atoms with Crippen LogP contribution in [0.15, 0.2) is 41.8 Å². The molecule has 1 heterocycles. The minimum Gasteiger partial charge on any atom is -0.481 e. The second-order valence-electron chi connectivity index (χ2n) is 5.47. The SMILES string of the molecule is CC(=O)c1csc(C(=O)N(CCCC(=O)O)Cc2ccccc2)c1. The van der Waals surface area contributed by atoms with Crippen LogP contribution in [0.3, 0.4) is 0 Å². The minimum absolute atomic E-state index is 0.0156. The molecule has 0 aliphatic heterocycles. The maximum atomic E-state index is 12.7. The minimum atomic E-state index is -0.878. The van der Waals surface area contributed by atoms with Crippen molar-refractivity contribution in [2.24, 2.45) is 0 Å². The van der Waals surface area contributed by atoms with Gasteiger partial charge < -0.3 is 10.0 Å². The molecule has 6 heteroatoms. The summed E-state index contributed by atoms with van der Waals surface area (Å²) in [7, 11) is 0. The zero-order valence-corrected chi connectivity index (χ0v) is 14.2. The summed E-state index contributed by atoms with van der Waals surface area (Å²) in [6.07, 6.45) is 0.403. The number of carbonyl (C=O) groups excluding carboxylic acids is 2. The summed E-state index contributed by atoms with van der Waals surface area (Å²) >= 11 is 1.24. The fraction of sp³-hybridized carbons (Fsp3) is 0.278. The number of Topliss-reactive ketones (excluding diaryl/α,β-unsaturated/α-hetero) is 1. The van der Waals surface area contributed by atoms with E-state index in [1.54, 1.807) is 16.3 Å². The molecule has 24 heavy (non-hydrogen) atoms. The number of carbonyl (C=O) groups is 3. The first-order valence-corrected chi connectivity index (χ1v) is 8.50. The first kappa shape index (κ1) is 17.9. The predicted octanol–water partition coefficient (Wildman–Crippen LogP) is 3.46. The Hall–Kier alpha value is -2.47. The molecule has 0 spiro atoms. The van der Waals surface area contributed by atoms with Crippen LogP contribution in [-0.4, -0.2) is 34.2 Å². The molecule has 5 nitrogen and oxygen atoms in total. The number of aliphatic carboxylic acids is 1. The van der Waals surface area contributed by atoms with Crippen LogP contribution < -0.4 is 0 Å². The van der Waals surface area contributed by atoms with Crippen molar-refractivity contribution >= 4 is 29.0 Å². The molecule has 2 aromatic rings. The molecule has 2 rings (SSSR count). The van der Waals surface area contributed by atoms with Gasteiger partial charge in [-0.25, -0.2) is 0 Å². The number of amides is 1. The zero-order valence-electron chi connectivity index (χ0n) is 13.4. The highest BCUT2D eigenvalue weighted by Crippen LogP contribution is 2.19. The molecule has 0 radical (unpaired) electrons. The third kappa shape index (κ3) is 5.03. The Morgan fingerprint density at radius 3 is 2.46 bits per heavy atom. The van der Waals surface area contributed by atoms with Gasteiger partial charge in [0, 0.05) is 30.5 Å². The molecular formula is C18H19NO4S. The van der Waals surface area contributed by atoms with Gasteiger partial charge in [0.15, 0.2) is 5.78 Å². The number of rotatable bonds is 8. The van der Waals surface area contributed by atoms with Crippen molar-refractivity contribution in [2.75, 3.05) is 6.54 Å². The number of ketones is 1. The van der Waals surface area contributed by atoms with Gasteiger partial charge in [-0.1, -0.05) is 30.3 Å². The van der Waals surface area contributed by atoms with Gasteiger partial charge in [-0.05, 0) is 25.0 Å². The normalized spacial score (nSPS) is 10.4. The predicted molar refractivity (Wildman–Crippen MR) is 92.4 cm³/mol. The molecule has 0 saturated heterocycles. The molecule has 0 fully saturated rings. The van der Waals surface area contributed by atoms with E-state index in [9.17, 15) is 14.4 Å². The maximum Gasteiger partial charge on any atom is 0.303 e. The largest absolute Gasteiger partial charge is 0.481 e. The average Bonchev–Trinajstić information content (AvgIpc) is 3.04. The summed E-state index contributed by atoms with van der Waals surface area (Å²) in [4.78, 5) is 37.0. The number of carboxylic acid groups (broad SMARTS) is 1. The van der Waals surface area contributed by atoms with Crippen LogP contribution >= 0.6 is 11.3 Å². The van der Waals surface area contributed by atoms with Crippen molar-refractivity contribution in [3.05, 3.63) is 57.8 Å². The number of hydrogen-bond acceptors (Lipinski definition) is 4. The number of carboxylic acids is 1. The Morgan fingerprint density at radius 2 is 1.88 bits per heavy atom. The molecule has 1 aromatic heterocycles. The summed E-state index contributed by atoms with van der Waals surface area (Å²) in [6.45, 7) is 2.23. The van der Waals surface area contributed by atoms with Crippen molar-refractivity contribution < 1.29 is 19.5 Å². The Kier molecular flexibility index (Phi) is 6.26. The van der Waals surface area contributed by atoms with E-state index in [0.29, 0.717) is 30.0 Å². The Morgan fingerprint density at radius 1 is 1.17 bits per heavy atom. The molecule has 1 amide bonds. The highest BCUT2D eigenvalue weighted by atomic mass is 32.1. The van der Waals surface area contributed by atoms with E-state index in [4.69, 9.17) is 5.11 Å². The van der Waals surface area contributed by atoms with Gasteiger partial charge >= 0.3 is 5.97 Å². The number of benzene rings is 1. The van der Waals surface area contributed by atoms with Crippen LogP contribution in [0.4, 0.5) is 0 Å².